The molecule has 0 radical (unpaired) electrons. The van der Waals surface area contributed by atoms with E-state index in [2.05, 4.69) is 4.99 Å². The molecule has 172 valence electrons. The molecule has 0 fully saturated rings. The Bertz CT molecular complexity index is 1330. The highest BCUT2D eigenvalue weighted by Crippen LogP contribution is 2.31. The van der Waals surface area contributed by atoms with E-state index in [0.717, 1.165) is 5.56 Å². The summed E-state index contributed by atoms with van der Waals surface area (Å²) >= 11 is 5.84. The predicted octanol–water partition coefficient (Wildman–Crippen LogP) is 5.49. The number of ether oxygens (including phenoxy) is 3. The molecular weight excluding hydrogens is 460 g/mol. The Morgan fingerprint density at radius 1 is 1.09 bits per heavy atom. The molecule has 1 aliphatic heterocycles. The van der Waals surface area contributed by atoms with Crippen LogP contribution in [0, 0.1) is 17.0 Å². The summed E-state index contributed by atoms with van der Waals surface area (Å²) in [6.45, 7) is 2.40. The lowest BCUT2D eigenvalue weighted by Gasteiger charge is -2.11. The Morgan fingerprint density at radius 2 is 1.85 bits per heavy atom. The third kappa shape index (κ3) is 5.07. The van der Waals surface area contributed by atoms with E-state index >= 15 is 0 Å². The van der Waals surface area contributed by atoms with E-state index in [1.54, 1.807) is 18.2 Å². The Morgan fingerprint density at radius 3 is 2.56 bits per heavy atom. The van der Waals surface area contributed by atoms with E-state index < -0.39 is 10.9 Å². The van der Waals surface area contributed by atoms with Crippen molar-refractivity contribution in [2.24, 2.45) is 4.99 Å². The van der Waals surface area contributed by atoms with Gasteiger partial charge in [-0.3, -0.25) is 10.1 Å². The Balaban J connectivity index is 1.55. The number of methoxy groups -OCH3 is 1. The van der Waals surface area contributed by atoms with Gasteiger partial charge in [-0.1, -0.05) is 47.5 Å². The summed E-state index contributed by atoms with van der Waals surface area (Å²) in [4.78, 5) is 27.0. The van der Waals surface area contributed by atoms with Crippen molar-refractivity contribution in [3.05, 3.63) is 104 Å². The largest absolute Gasteiger partial charge is 0.493 e. The van der Waals surface area contributed by atoms with E-state index in [4.69, 9.17) is 25.8 Å². The van der Waals surface area contributed by atoms with Gasteiger partial charge in [0, 0.05) is 11.6 Å². The second kappa shape index (κ2) is 9.76. The SMILES string of the molecule is COc1cc(/C=C2\N=C(c3ccc(Cl)c([N+](=O)[O-])c3)OC2=O)ccc1OCc1ccc(C)cc1. The minimum Gasteiger partial charge on any atom is -0.493 e. The molecular formula is C25H19ClN2O6. The number of carbonyl (C=O) groups excluding carboxylic acids is 1. The van der Waals surface area contributed by atoms with Crippen LogP contribution in [0.5, 0.6) is 11.5 Å². The average Bonchev–Trinajstić information content (AvgIpc) is 3.19. The minimum atomic E-state index is -0.675. The van der Waals surface area contributed by atoms with E-state index in [1.807, 2.05) is 31.2 Å². The molecule has 0 saturated carbocycles. The van der Waals surface area contributed by atoms with Crippen molar-refractivity contribution in [3.63, 3.8) is 0 Å². The fourth-order valence-corrected chi connectivity index (χ4v) is 3.40. The van der Waals surface area contributed by atoms with Crippen molar-refractivity contribution < 1.29 is 23.9 Å². The van der Waals surface area contributed by atoms with Gasteiger partial charge >= 0.3 is 5.97 Å². The van der Waals surface area contributed by atoms with Gasteiger partial charge in [0.05, 0.1) is 12.0 Å². The zero-order valence-corrected chi connectivity index (χ0v) is 19.0. The number of carbonyl (C=O) groups is 1. The van der Waals surface area contributed by atoms with Crippen molar-refractivity contribution in [3.8, 4) is 11.5 Å². The number of benzene rings is 3. The fourth-order valence-electron chi connectivity index (χ4n) is 3.21. The molecule has 8 nitrogen and oxygen atoms in total. The summed E-state index contributed by atoms with van der Waals surface area (Å²) in [5.74, 6) is 0.328. The lowest BCUT2D eigenvalue weighted by Crippen LogP contribution is -2.06. The van der Waals surface area contributed by atoms with Crippen molar-refractivity contribution >= 4 is 35.2 Å². The number of hydrogen-bond acceptors (Lipinski definition) is 7. The number of esters is 1. The highest BCUT2D eigenvalue weighted by atomic mass is 35.5. The van der Waals surface area contributed by atoms with Crippen LogP contribution in [-0.2, 0) is 16.1 Å². The lowest BCUT2D eigenvalue weighted by atomic mass is 10.1. The Labute approximate surface area is 200 Å². The van der Waals surface area contributed by atoms with Crippen LogP contribution in [0.15, 0.2) is 71.4 Å². The second-order valence-corrected chi connectivity index (χ2v) is 7.85. The van der Waals surface area contributed by atoms with Gasteiger partial charge in [-0.15, -0.1) is 0 Å². The maximum atomic E-state index is 12.3. The molecule has 34 heavy (non-hydrogen) atoms. The van der Waals surface area contributed by atoms with Crippen LogP contribution in [0.1, 0.15) is 22.3 Å². The molecule has 0 bridgehead atoms. The minimum absolute atomic E-state index is 0.0220. The summed E-state index contributed by atoms with van der Waals surface area (Å²) in [7, 11) is 1.53. The number of rotatable bonds is 7. The molecule has 0 spiro atoms. The van der Waals surface area contributed by atoms with E-state index in [9.17, 15) is 14.9 Å². The molecule has 0 unspecified atom stereocenters. The molecule has 3 aromatic carbocycles. The second-order valence-electron chi connectivity index (χ2n) is 7.44. The highest BCUT2D eigenvalue weighted by molar-refractivity contribution is 6.32. The smallest absolute Gasteiger partial charge is 0.363 e. The molecule has 0 saturated heterocycles. The first kappa shape index (κ1) is 23.0. The first-order valence-corrected chi connectivity index (χ1v) is 10.5. The molecule has 0 aliphatic carbocycles. The average molecular weight is 479 g/mol. The highest BCUT2D eigenvalue weighted by Gasteiger charge is 2.26. The van der Waals surface area contributed by atoms with Crippen LogP contribution in [0.3, 0.4) is 0 Å². The normalized spacial score (nSPS) is 14.0. The number of halogens is 1. The summed E-state index contributed by atoms with van der Waals surface area (Å²) in [5.41, 5.74) is 2.84. The number of hydrogen-bond donors (Lipinski definition) is 0. The van der Waals surface area contributed by atoms with Crippen molar-refractivity contribution in [2.75, 3.05) is 7.11 Å². The van der Waals surface area contributed by atoms with E-state index in [1.165, 1.54) is 36.9 Å². The van der Waals surface area contributed by atoms with Crippen LogP contribution < -0.4 is 9.47 Å². The lowest BCUT2D eigenvalue weighted by molar-refractivity contribution is -0.384. The topological polar surface area (TPSA) is 100 Å². The number of aliphatic imine (C=N–C) groups is 1. The zero-order chi connectivity index (χ0) is 24.2. The van der Waals surface area contributed by atoms with Crippen LogP contribution in [-0.4, -0.2) is 23.9 Å². The molecule has 0 atom stereocenters. The van der Waals surface area contributed by atoms with Crippen molar-refractivity contribution in [1.82, 2.24) is 0 Å². The van der Waals surface area contributed by atoms with Crippen LogP contribution in [0.4, 0.5) is 5.69 Å². The summed E-state index contributed by atoms with van der Waals surface area (Å²) in [5, 5.41) is 11.1. The first-order valence-electron chi connectivity index (χ1n) is 10.2. The fraction of sp³-hybridized carbons (Fsp3) is 0.120. The Hall–Kier alpha value is -4.17. The number of cyclic esters (lactones) is 1. The number of aryl methyl sites for hydroxylation is 1. The van der Waals surface area contributed by atoms with Crippen LogP contribution in [0.25, 0.3) is 6.08 Å². The summed E-state index contributed by atoms with van der Waals surface area (Å²) in [6.07, 6.45) is 1.53. The molecule has 0 amide bonds. The summed E-state index contributed by atoms with van der Waals surface area (Å²) < 4.78 is 16.5. The molecule has 9 heteroatoms. The third-order valence-electron chi connectivity index (χ3n) is 5.02. The predicted molar refractivity (Wildman–Crippen MR) is 127 cm³/mol. The molecule has 0 aromatic heterocycles. The molecule has 1 aliphatic rings. The van der Waals surface area contributed by atoms with Gasteiger partial charge in [0.2, 0.25) is 5.90 Å². The molecule has 0 N–H and O–H groups in total. The van der Waals surface area contributed by atoms with Crippen LogP contribution in [0.2, 0.25) is 5.02 Å². The van der Waals surface area contributed by atoms with Gasteiger partial charge in [-0.05, 0) is 48.4 Å². The van der Waals surface area contributed by atoms with Gasteiger partial charge in [0.25, 0.3) is 5.69 Å². The first-order chi connectivity index (χ1) is 16.3. The molecule has 3 aromatic rings. The zero-order valence-electron chi connectivity index (χ0n) is 18.3. The number of nitro groups is 1. The molecule has 4 rings (SSSR count). The summed E-state index contributed by atoms with van der Waals surface area (Å²) in [6, 6.07) is 17.3. The van der Waals surface area contributed by atoms with E-state index in [0.29, 0.717) is 23.7 Å². The van der Waals surface area contributed by atoms with Gasteiger partial charge in [-0.2, -0.15) is 0 Å². The quantitative estimate of drug-likeness (QED) is 0.193. The van der Waals surface area contributed by atoms with Crippen LogP contribution >= 0.6 is 11.6 Å². The van der Waals surface area contributed by atoms with Gasteiger partial charge in [0.1, 0.15) is 11.6 Å². The Kier molecular flexibility index (Phi) is 6.60. The van der Waals surface area contributed by atoms with Gasteiger partial charge < -0.3 is 14.2 Å². The van der Waals surface area contributed by atoms with E-state index in [-0.39, 0.29) is 27.9 Å². The van der Waals surface area contributed by atoms with Crippen molar-refractivity contribution in [2.45, 2.75) is 13.5 Å². The van der Waals surface area contributed by atoms with Crippen molar-refractivity contribution in [1.29, 1.82) is 0 Å². The third-order valence-corrected chi connectivity index (χ3v) is 5.34. The van der Waals surface area contributed by atoms with Gasteiger partial charge in [0.15, 0.2) is 17.2 Å². The number of nitrogens with zero attached hydrogens (tertiary/aromatic N) is 2. The monoisotopic (exact) mass is 478 g/mol. The van der Waals surface area contributed by atoms with Gasteiger partial charge in [-0.25, -0.2) is 9.79 Å². The number of nitro benzene ring substituents is 1. The maximum Gasteiger partial charge on any atom is 0.363 e. The molecule has 1 heterocycles. The standard InChI is InChI=1S/C25H19ClN2O6/c1-15-3-5-16(6-4-15)14-33-22-10-7-17(12-23(22)32-2)11-20-25(29)34-24(27-20)18-8-9-19(26)21(13-18)28(30)31/h3-13H,14H2,1-2H3/b20-11-. The maximum absolute atomic E-state index is 12.3.